The summed E-state index contributed by atoms with van der Waals surface area (Å²) in [5, 5.41) is 23.8. The van der Waals surface area contributed by atoms with Gasteiger partial charge in [0.05, 0.1) is 24.2 Å². The molecule has 26 heavy (non-hydrogen) atoms. The first kappa shape index (κ1) is 17.5. The van der Waals surface area contributed by atoms with Crippen LogP contribution in [-0.2, 0) is 22.3 Å². The van der Waals surface area contributed by atoms with Crippen LogP contribution in [0.3, 0.4) is 0 Å². The van der Waals surface area contributed by atoms with Crippen LogP contribution >= 0.6 is 0 Å². The Balaban J connectivity index is 1.99. The first-order valence-corrected chi connectivity index (χ1v) is 7.85. The van der Waals surface area contributed by atoms with Crippen LogP contribution < -0.4 is 10.6 Å². The van der Waals surface area contributed by atoms with Gasteiger partial charge in [-0.1, -0.05) is 6.07 Å². The Kier molecular flexibility index (Phi) is 4.65. The van der Waals surface area contributed by atoms with E-state index in [4.69, 9.17) is 9.47 Å². The zero-order valence-electron chi connectivity index (χ0n) is 13.5. The van der Waals surface area contributed by atoms with Crippen LogP contribution in [0.15, 0.2) is 12.1 Å². The molecule has 2 heterocycles. The Morgan fingerprint density at radius 3 is 2.00 bits per heavy atom. The number of rotatable bonds is 6. The Hall–Kier alpha value is -3.30. The molecule has 2 saturated heterocycles. The van der Waals surface area contributed by atoms with Crippen LogP contribution in [-0.4, -0.2) is 59.6 Å². The molecule has 0 aromatic heterocycles. The van der Waals surface area contributed by atoms with Gasteiger partial charge in [-0.05, 0) is 17.2 Å². The van der Waals surface area contributed by atoms with Gasteiger partial charge in [0.2, 0.25) is 0 Å². The molecule has 2 atom stereocenters. The summed E-state index contributed by atoms with van der Waals surface area (Å²) >= 11 is 0. The molecule has 0 spiro atoms. The van der Waals surface area contributed by atoms with E-state index in [9.17, 15) is 29.4 Å². The van der Waals surface area contributed by atoms with Crippen molar-refractivity contribution in [3.8, 4) is 0 Å². The maximum Gasteiger partial charge on any atom is 0.407 e. The Morgan fingerprint density at radius 1 is 0.962 bits per heavy atom. The topological polar surface area (TPSA) is 151 Å². The highest BCUT2D eigenvalue weighted by molar-refractivity contribution is 6.03. The molecule has 0 aliphatic carbocycles. The monoisotopic (exact) mass is 364 g/mol. The number of nitrogens with one attached hydrogen (secondary N) is 2. The molecule has 1 aromatic rings. The fraction of sp³-hybridized carbons (Fsp3) is 0.375. The van der Waals surface area contributed by atoms with Crippen LogP contribution in [0, 0.1) is 0 Å². The summed E-state index contributed by atoms with van der Waals surface area (Å²) < 4.78 is 10.1. The van der Waals surface area contributed by atoms with E-state index in [1.165, 1.54) is 12.1 Å². The molecule has 2 unspecified atom stereocenters. The van der Waals surface area contributed by atoms with Crippen molar-refractivity contribution in [2.45, 2.75) is 25.0 Å². The SMILES string of the molecule is O=C1NCC(Cc2ccc(C(=O)O)c(C(=O)O)c2CC2CNC(=O)O2)O1. The minimum Gasteiger partial charge on any atom is -0.478 e. The number of carboxylic acids is 2. The van der Waals surface area contributed by atoms with Crippen LogP contribution in [0.4, 0.5) is 9.59 Å². The standard InChI is InChI=1S/C16H16N2O8/c19-13(20)10-2-1-7(3-8-5-17-15(23)25-8)11(12(10)14(21)22)4-9-6-18-16(24)26-9/h1-2,8-9H,3-6H2,(H,17,23)(H,18,24)(H,19,20)(H,21,22). The number of aromatic carboxylic acids is 2. The number of hydrogen-bond acceptors (Lipinski definition) is 6. The molecule has 0 radical (unpaired) electrons. The number of benzene rings is 1. The van der Waals surface area contributed by atoms with Gasteiger partial charge in [-0.25, -0.2) is 19.2 Å². The molecule has 2 fully saturated rings. The number of carbonyl (C=O) groups is 4. The lowest BCUT2D eigenvalue weighted by molar-refractivity contribution is 0.0649. The zero-order valence-corrected chi connectivity index (χ0v) is 13.5. The van der Waals surface area contributed by atoms with Crippen molar-refractivity contribution >= 4 is 24.1 Å². The fourth-order valence-corrected chi connectivity index (χ4v) is 3.10. The maximum absolute atomic E-state index is 11.7. The van der Waals surface area contributed by atoms with Crippen LogP contribution in [0.25, 0.3) is 0 Å². The second-order valence-corrected chi connectivity index (χ2v) is 5.96. The van der Waals surface area contributed by atoms with Crippen LogP contribution in [0.5, 0.6) is 0 Å². The number of amides is 2. The van der Waals surface area contributed by atoms with E-state index < -0.39 is 36.3 Å². The van der Waals surface area contributed by atoms with E-state index in [1.54, 1.807) is 0 Å². The summed E-state index contributed by atoms with van der Waals surface area (Å²) in [6.45, 7) is 0.454. The fourth-order valence-electron chi connectivity index (χ4n) is 3.10. The minimum atomic E-state index is -1.39. The van der Waals surface area contributed by atoms with Gasteiger partial charge in [-0.2, -0.15) is 0 Å². The van der Waals surface area contributed by atoms with Gasteiger partial charge in [0, 0.05) is 12.8 Å². The summed E-state index contributed by atoms with van der Waals surface area (Å²) in [4.78, 5) is 45.6. The second kappa shape index (κ2) is 6.90. The Labute approximate surface area is 147 Å². The maximum atomic E-state index is 11.7. The predicted molar refractivity (Wildman–Crippen MR) is 84.3 cm³/mol. The van der Waals surface area contributed by atoms with Crippen molar-refractivity contribution < 1.29 is 38.9 Å². The summed E-state index contributed by atoms with van der Waals surface area (Å²) in [5.41, 5.74) is 0.0732. The Morgan fingerprint density at radius 2 is 1.54 bits per heavy atom. The molecule has 2 aliphatic heterocycles. The third kappa shape index (κ3) is 3.53. The summed E-state index contributed by atoms with van der Waals surface area (Å²) in [5.74, 6) is -2.76. The van der Waals surface area contributed by atoms with Crippen molar-refractivity contribution in [3.63, 3.8) is 0 Å². The number of carboxylic acid groups (broad SMARTS) is 2. The van der Waals surface area contributed by atoms with E-state index >= 15 is 0 Å². The lowest BCUT2D eigenvalue weighted by Crippen LogP contribution is -2.24. The average molecular weight is 364 g/mol. The lowest BCUT2D eigenvalue weighted by atomic mass is 9.89. The van der Waals surface area contributed by atoms with Gasteiger partial charge in [0.25, 0.3) is 0 Å². The summed E-state index contributed by atoms with van der Waals surface area (Å²) in [6.07, 6.45) is -2.05. The van der Waals surface area contributed by atoms with Gasteiger partial charge < -0.3 is 30.3 Å². The van der Waals surface area contributed by atoms with E-state index in [0.717, 1.165) is 0 Å². The summed E-state index contributed by atoms with van der Waals surface area (Å²) in [6, 6.07) is 2.72. The first-order valence-electron chi connectivity index (χ1n) is 7.85. The molecule has 0 saturated carbocycles. The molecule has 1 aromatic carbocycles. The van der Waals surface area contributed by atoms with Crippen LogP contribution in [0.1, 0.15) is 31.8 Å². The minimum absolute atomic E-state index is 0.0327. The largest absolute Gasteiger partial charge is 0.478 e. The van der Waals surface area contributed by atoms with Crippen molar-refractivity contribution in [1.82, 2.24) is 10.6 Å². The average Bonchev–Trinajstić information content (AvgIpc) is 3.16. The molecule has 0 bridgehead atoms. The molecule has 2 amide bonds. The van der Waals surface area contributed by atoms with Gasteiger partial charge in [0.1, 0.15) is 12.2 Å². The number of hydrogen-bond donors (Lipinski definition) is 4. The second-order valence-electron chi connectivity index (χ2n) is 5.96. The van der Waals surface area contributed by atoms with E-state index in [2.05, 4.69) is 10.6 Å². The molecule has 10 nitrogen and oxygen atoms in total. The third-order valence-corrected chi connectivity index (χ3v) is 4.23. The lowest BCUT2D eigenvalue weighted by Gasteiger charge is -2.18. The summed E-state index contributed by atoms with van der Waals surface area (Å²) in [7, 11) is 0. The highest BCUT2D eigenvalue weighted by Crippen LogP contribution is 2.25. The quantitative estimate of drug-likeness (QED) is 0.566. The van der Waals surface area contributed by atoms with Crippen molar-refractivity contribution in [1.29, 1.82) is 0 Å². The highest BCUT2D eigenvalue weighted by Gasteiger charge is 2.31. The van der Waals surface area contributed by atoms with E-state index in [1.807, 2.05) is 0 Å². The molecular weight excluding hydrogens is 348 g/mol. The number of alkyl carbamates (subject to hydrolysis) is 2. The molecule has 4 N–H and O–H groups in total. The first-order chi connectivity index (χ1) is 12.3. The predicted octanol–water partition coefficient (Wildman–Crippen LogP) is 0.385. The molecule has 3 rings (SSSR count). The number of carbonyl (C=O) groups excluding carboxylic acids is 2. The molecular formula is C16H16N2O8. The number of cyclic esters (lactones) is 2. The Bertz CT molecular complexity index is 791. The van der Waals surface area contributed by atoms with Gasteiger partial charge >= 0.3 is 24.1 Å². The van der Waals surface area contributed by atoms with Crippen molar-refractivity contribution in [2.75, 3.05) is 13.1 Å². The van der Waals surface area contributed by atoms with Crippen LogP contribution in [0.2, 0.25) is 0 Å². The zero-order chi connectivity index (χ0) is 18.8. The smallest absolute Gasteiger partial charge is 0.407 e. The van der Waals surface area contributed by atoms with Gasteiger partial charge in [-0.3, -0.25) is 0 Å². The van der Waals surface area contributed by atoms with Gasteiger partial charge in [0.15, 0.2) is 0 Å². The third-order valence-electron chi connectivity index (χ3n) is 4.23. The normalized spacial score (nSPS) is 21.5. The van der Waals surface area contributed by atoms with Crippen molar-refractivity contribution in [2.24, 2.45) is 0 Å². The van der Waals surface area contributed by atoms with Crippen molar-refractivity contribution in [3.05, 3.63) is 34.4 Å². The molecule has 2 aliphatic rings. The van der Waals surface area contributed by atoms with E-state index in [0.29, 0.717) is 5.56 Å². The number of ether oxygens (including phenoxy) is 2. The molecule has 138 valence electrons. The molecule has 10 heteroatoms. The van der Waals surface area contributed by atoms with Gasteiger partial charge in [-0.15, -0.1) is 0 Å². The van der Waals surface area contributed by atoms with E-state index in [-0.39, 0.29) is 42.6 Å². The highest BCUT2D eigenvalue weighted by atomic mass is 16.6.